The SMILES string of the molecule is N#Cc1ccc(-n2nc(N)nc2Br)c(F)c1Br. The van der Waals surface area contributed by atoms with Crippen molar-refractivity contribution < 1.29 is 4.39 Å². The number of hydrogen-bond acceptors (Lipinski definition) is 4. The second kappa shape index (κ2) is 4.43. The van der Waals surface area contributed by atoms with Crippen LogP contribution in [0, 0.1) is 17.1 Å². The minimum Gasteiger partial charge on any atom is -0.366 e. The molecule has 0 aliphatic carbocycles. The number of rotatable bonds is 1. The van der Waals surface area contributed by atoms with Crippen molar-refractivity contribution in [3.63, 3.8) is 0 Å². The Kier molecular flexibility index (Phi) is 3.13. The van der Waals surface area contributed by atoms with Crippen LogP contribution in [0.25, 0.3) is 5.69 Å². The number of hydrogen-bond donors (Lipinski definition) is 1. The summed E-state index contributed by atoms with van der Waals surface area (Å²) in [6.45, 7) is 0. The maximum atomic E-state index is 14.0. The molecule has 1 aromatic heterocycles. The third-order valence-electron chi connectivity index (χ3n) is 1.99. The Morgan fingerprint density at radius 2 is 2.12 bits per heavy atom. The van der Waals surface area contributed by atoms with Crippen molar-refractivity contribution in [2.24, 2.45) is 0 Å². The fourth-order valence-electron chi connectivity index (χ4n) is 1.25. The van der Waals surface area contributed by atoms with Crippen molar-refractivity contribution >= 4 is 37.8 Å². The van der Waals surface area contributed by atoms with Crippen LogP contribution in [-0.2, 0) is 0 Å². The molecule has 17 heavy (non-hydrogen) atoms. The van der Waals surface area contributed by atoms with Crippen LogP contribution in [0.1, 0.15) is 5.56 Å². The lowest BCUT2D eigenvalue weighted by molar-refractivity contribution is 0.602. The largest absolute Gasteiger partial charge is 0.366 e. The zero-order valence-electron chi connectivity index (χ0n) is 8.15. The summed E-state index contributed by atoms with van der Waals surface area (Å²) in [5.74, 6) is -0.577. The fraction of sp³-hybridized carbons (Fsp3) is 0. The van der Waals surface area contributed by atoms with Gasteiger partial charge >= 0.3 is 0 Å². The van der Waals surface area contributed by atoms with Crippen molar-refractivity contribution in [2.75, 3.05) is 5.73 Å². The van der Waals surface area contributed by atoms with Gasteiger partial charge in [-0.05, 0) is 44.0 Å². The van der Waals surface area contributed by atoms with Gasteiger partial charge in [-0.2, -0.15) is 10.2 Å². The molecular formula is C9H4Br2FN5. The van der Waals surface area contributed by atoms with E-state index in [2.05, 4.69) is 41.9 Å². The number of nitrogens with zero attached hydrogens (tertiary/aromatic N) is 4. The Balaban J connectivity index is 2.66. The molecule has 86 valence electrons. The normalized spacial score (nSPS) is 10.2. The van der Waals surface area contributed by atoms with Crippen molar-refractivity contribution in [3.8, 4) is 11.8 Å². The van der Waals surface area contributed by atoms with E-state index in [0.29, 0.717) is 0 Å². The van der Waals surface area contributed by atoms with Crippen molar-refractivity contribution in [1.29, 1.82) is 5.26 Å². The molecule has 0 atom stereocenters. The lowest BCUT2D eigenvalue weighted by atomic mass is 10.2. The summed E-state index contributed by atoms with van der Waals surface area (Å²) in [4.78, 5) is 3.80. The topological polar surface area (TPSA) is 80.5 Å². The van der Waals surface area contributed by atoms with Gasteiger partial charge < -0.3 is 5.73 Å². The highest BCUT2D eigenvalue weighted by atomic mass is 79.9. The van der Waals surface area contributed by atoms with Crippen LogP contribution in [0.15, 0.2) is 21.3 Å². The van der Waals surface area contributed by atoms with Gasteiger partial charge in [0.2, 0.25) is 10.7 Å². The number of nitrogen functional groups attached to an aromatic ring is 1. The zero-order valence-corrected chi connectivity index (χ0v) is 11.3. The molecule has 0 saturated heterocycles. The monoisotopic (exact) mass is 359 g/mol. The summed E-state index contributed by atoms with van der Waals surface area (Å²) in [5.41, 5.74) is 5.75. The molecular weight excluding hydrogens is 357 g/mol. The first-order valence-corrected chi connectivity index (χ1v) is 5.89. The molecule has 0 fully saturated rings. The van der Waals surface area contributed by atoms with Crippen LogP contribution in [0.3, 0.4) is 0 Å². The zero-order chi connectivity index (χ0) is 12.6. The number of aromatic nitrogens is 3. The smallest absolute Gasteiger partial charge is 0.240 e. The van der Waals surface area contributed by atoms with E-state index in [9.17, 15) is 4.39 Å². The highest BCUT2D eigenvalue weighted by Gasteiger charge is 2.16. The molecule has 2 aromatic rings. The highest BCUT2D eigenvalue weighted by molar-refractivity contribution is 9.10. The predicted octanol–water partition coefficient (Wildman–Crippen LogP) is 2.39. The van der Waals surface area contributed by atoms with Gasteiger partial charge in [0.15, 0.2) is 5.82 Å². The van der Waals surface area contributed by atoms with Gasteiger partial charge in [-0.1, -0.05) is 0 Å². The quantitative estimate of drug-likeness (QED) is 0.846. The lowest BCUT2D eigenvalue weighted by Crippen LogP contribution is -2.02. The Hall–Kier alpha value is -1.46. The average molecular weight is 361 g/mol. The molecule has 2 N–H and O–H groups in total. The van der Waals surface area contributed by atoms with Gasteiger partial charge in [0.1, 0.15) is 11.8 Å². The molecule has 2 rings (SSSR count). The molecule has 0 spiro atoms. The van der Waals surface area contributed by atoms with E-state index in [-0.39, 0.29) is 26.4 Å². The second-order valence-electron chi connectivity index (χ2n) is 3.02. The van der Waals surface area contributed by atoms with Crippen LogP contribution in [0.5, 0.6) is 0 Å². The van der Waals surface area contributed by atoms with E-state index in [1.165, 1.54) is 16.8 Å². The van der Waals surface area contributed by atoms with Crippen LogP contribution in [0.4, 0.5) is 10.3 Å². The summed E-state index contributed by atoms with van der Waals surface area (Å²) < 4.78 is 15.5. The van der Waals surface area contributed by atoms with Gasteiger partial charge in [0.05, 0.1) is 10.0 Å². The summed E-state index contributed by atoms with van der Waals surface area (Å²) in [7, 11) is 0. The van der Waals surface area contributed by atoms with Crippen molar-refractivity contribution in [3.05, 3.63) is 32.7 Å². The molecule has 0 aliphatic rings. The van der Waals surface area contributed by atoms with Crippen LogP contribution in [-0.4, -0.2) is 14.8 Å². The van der Waals surface area contributed by atoms with Crippen molar-refractivity contribution in [2.45, 2.75) is 0 Å². The van der Waals surface area contributed by atoms with E-state index in [0.717, 1.165) is 0 Å². The van der Waals surface area contributed by atoms with E-state index < -0.39 is 5.82 Å². The maximum Gasteiger partial charge on any atom is 0.240 e. The Morgan fingerprint density at radius 3 is 2.65 bits per heavy atom. The number of benzene rings is 1. The molecule has 8 heteroatoms. The number of anilines is 1. The van der Waals surface area contributed by atoms with Crippen LogP contribution < -0.4 is 5.73 Å². The summed E-state index contributed by atoms with van der Waals surface area (Å²) in [5, 5.41) is 12.6. The third-order valence-corrected chi connectivity index (χ3v) is 3.28. The maximum absolute atomic E-state index is 14.0. The molecule has 0 bridgehead atoms. The van der Waals surface area contributed by atoms with E-state index in [1.807, 2.05) is 6.07 Å². The van der Waals surface area contributed by atoms with Gasteiger partial charge in [0.25, 0.3) is 0 Å². The Bertz CT molecular complexity index is 631. The molecule has 0 radical (unpaired) electrons. The number of nitriles is 1. The molecule has 0 aliphatic heterocycles. The average Bonchev–Trinajstić information content (AvgIpc) is 2.62. The summed E-state index contributed by atoms with van der Waals surface area (Å²) in [6, 6.07) is 4.77. The van der Waals surface area contributed by atoms with Crippen LogP contribution in [0.2, 0.25) is 0 Å². The first-order valence-electron chi connectivity index (χ1n) is 4.31. The lowest BCUT2D eigenvalue weighted by Gasteiger charge is -2.06. The van der Waals surface area contributed by atoms with E-state index in [1.54, 1.807) is 0 Å². The first-order chi connectivity index (χ1) is 8.04. The minimum absolute atomic E-state index is 0.0248. The highest BCUT2D eigenvalue weighted by Crippen LogP contribution is 2.27. The van der Waals surface area contributed by atoms with Gasteiger partial charge in [-0.15, -0.1) is 5.10 Å². The first kappa shape index (κ1) is 12.0. The van der Waals surface area contributed by atoms with Crippen molar-refractivity contribution in [1.82, 2.24) is 14.8 Å². The Morgan fingerprint density at radius 1 is 1.41 bits per heavy atom. The van der Waals surface area contributed by atoms with Crippen LogP contribution >= 0.6 is 31.9 Å². The summed E-state index contributed by atoms with van der Waals surface area (Å²) >= 11 is 6.12. The predicted molar refractivity (Wildman–Crippen MR) is 65.8 cm³/mol. The molecule has 1 heterocycles. The Labute approximate surface area is 112 Å². The third kappa shape index (κ3) is 2.03. The van der Waals surface area contributed by atoms with Gasteiger partial charge in [-0.3, -0.25) is 0 Å². The number of nitrogens with two attached hydrogens (primary N) is 1. The molecule has 0 amide bonds. The molecule has 5 nitrogen and oxygen atoms in total. The number of halogens is 3. The van der Waals surface area contributed by atoms with E-state index >= 15 is 0 Å². The fourth-order valence-corrected chi connectivity index (χ4v) is 2.13. The standard InChI is InChI=1S/C9H4Br2FN5/c10-6-4(3-13)1-2-5(7(6)12)17-8(11)15-9(14)16-17/h1-2H,(H2,14,16). The minimum atomic E-state index is -0.602. The van der Waals surface area contributed by atoms with E-state index in [4.69, 9.17) is 11.0 Å². The molecule has 0 unspecified atom stereocenters. The summed E-state index contributed by atoms with van der Waals surface area (Å²) in [6.07, 6.45) is 0. The molecule has 0 saturated carbocycles. The second-order valence-corrected chi connectivity index (χ2v) is 4.53. The molecule has 1 aromatic carbocycles. The van der Waals surface area contributed by atoms with Gasteiger partial charge in [0, 0.05) is 0 Å². The van der Waals surface area contributed by atoms with Gasteiger partial charge in [-0.25, -0.2) is 9.07 Å².